The van der Waals surface area contributed by atoms with Crippen molar-refractivity contribution in [2.45, 2.75) is 19.1 Å². The summed E-state index contributed by atoms with van der Waals surface area (Å²) in [6.45, 7) is 1.98. The highest BCUT2D eigenvalue weighted by Gasteiger charge is 2.33. The van der Waals surface area contributed by atoms with Crippen LogP contribution in [0.15, 0.2) is 35.1 Å². The number of hydrogen-bond donors (Lipinski definition) is 1. The largest absolute Gasteiger partial charge is 0.493 e. The zero-order chi connectivity index (χ0) is 23.8. The second-order valence-electron chi connectivity index (χ2n) is 7.10. The minimum atomic E-state index is -4.83. The minimum absolute atomic E-state index is 0.262. The number of halogens is 4. The summed E-state index contributed by atoms with van der Waals surface area (Å²) >= 11 is 0. The van der Waals surface area contributed by atoms with Crippen molar-refractivity contribution >= 4 is 20.9 Å². The number of methoxy groups -OCH3 is 1. The Labute approximate surface area is 180 Å². The normalized spacial score (nSPS) is 13.3. The number of rotatable bonds is 7. The topological polar surface area (TPSA) is 90.4 Å². The fourth-order valence-electron chi connectivity index (χ4n) is 3.45. The molecule has 0 aliphatic rings. The number of nitrogens with one attached hydrogen (secondary N) is 1. The molecule has 0 saturated heterocycles. The Balaban J connectivity index is 2.29. The second kappa shape index (κ2) is 8.49. The van der Waals surface area contributed by atoms with Crippen LogP contribution >= 0.6 is 0 Å². The highest BCUT2D eigenvalue weighted by atomic mass is 32.2. The molecule has 2 aromatic carbocycles. The average molecular weight is 476 g/mol. The Morgan fingerprint density at radius 3 is 2.41 bits per heavy atom. The van der Waals surface area contributed by atoms with E-state index in [1.165, 1.54) is 25.3 Å². The Morgan fingerprint density at radius 2 is 1.84 bits per heavy atom. The molecule has 12 heteroatoms. The quantitative estimate of drug-likeness (QED) is 0.527. The maximum absolute atomic E-state index is 14.8. The van der Waals surface area contributed by atoms with Crippen LogP contribution in [0.1, 0.15) is 24.1 Å². The van der Waals surface area contributed by atoms with Gasteiger partial charge < -0.3 is 14.5 Å². The van der Waals surface area contributed by atoms with Gasteiger partial charge in [-0.2, -0.15) is 13.2 Å². The molecule has 1 unspecified atom stereocenters. The van der Waals surface area contributed by atoms with E-state index in [9.17, 15) is 30.8 Å². The van der Waals surface area contributed by atoms with Crippen molar-refractivity contribution in [2.75, 3.05) is 25.7 Å². The molecule has 0 fully saturated rings. The first-order valence-electron chi connectivity index (χ1n) is 9.35. The van der Waals surface area contributed by atoms with Crippen LogP contribution < -0.4 is 15.2 Å². The lowest BCUT2D eigenvalue weighted by molar-refractivity contribution is -0.137. The van der Waals surface area contributed by atoms with Crippen molar-refractivity contribution in [2.24, 2.45) is 0 Å². The minimum Gasteiger partial charge on any atom is -0.493 e. The summed E-state index contributed by atoms with van der Waals surface area (Å²) in [5.41, 5.74) is -2.84. The van der Waals surface area contributed by atoms with Gasteiger partial charge in [-0.25, -0.2) is 17.6 Å². The van der Waals surface area contributed by atoms with Gasteiger partial charge in [0.25, 0.3) is 0 Å². The van der Waals surface area contributed by atoms with Crippen LogP contribution in [0.3, 0.4) is 0 Å². The Bertz CT molecular complexity index is 1310. The maximum atomic E-state index is 14.8. The predicted molar refractivity (Wildman–Crippen MR) is 110 cm³/mol. The molecule has 32 heavy (non-hydrogen) atoms. The van der Waals surface area contributed by atoms with Gasteiger partial charge in [-0.3, -0.25) is 4.57 Å². The van der Waals surface area contributed by atoms with Crippen molar-refractivity contribution < 1.29 is 35.5 Å². The fourth-order valence-corrected chi connectivity index (χ4v) is 4.37. The van der Waals surface area contributed by atoms with Crippen LogP contribution in [-0.2, 0) is 16.0 Å². The van der Waals surface area contributed by atoms with E-state index in [4.69, 9.17) is 9.47 Å². The predicted octanol–water partition coefficient (Wildman–Crippen LogP) is 3.53. The molecular weight excluding hydrogens is 456 g/mol. The molecule has 0 aliphatic carbocycles. The third kappa shape index (κ3) is 4.74. The molecule has 174 valence electrons. The van der Waals surface area contributed by atoms with E-state index in [0.29, 0.717) is 11.8 Å². The lowest BCUT2D eigenvalue weighted by atomic mass is 10.1. The zero-order valence-electron chi connectivity index (χ0n) is 17.3. The summed E-state index contributed by atoms with van der Waals surface area (Å²) < 4.78 is 89.8. The summed E-state index contributed by atoms with van der Waals surface area (Å²) in [6, 6.07) is 4.04. The number of sulfone groups is 1. The first-order chi connectivity index (χ1) is 14.9. The summed E-state index contributed by atoms with van der Waals surface area (Å²) in [7, 11) is -2.31. The van der Waals surface area contributed by atoms with Crippen molar-refractivity contribution in [1.29, 1.82) is 0 Å². The van der Waals surface area contributed by atoms with Crippen molar-refractivity contribution in [3.63, 3.8) is 0 Å². The van der Waals surface area contributed by atoms with Gasteiger partial charge in [0, 0.05) is 6.26 Å². The molecule has 3 rings (SSSR count). The van der Waals surface area contributed by atoms with Gasteiger partial charge in [0.05, 0.1) is 36.6 Å². The number of aromatic nitrogens is 2. The number of aromatic amines is 1. The molecule has 1 aromatic heterocycles. The molecule has 3 aromatic rings. The first kappa shape index (κ1) is 23.6. The van der Waals surface area contributed by atoms with Gasteiger partial charge in [0.15, 0.2) is 11.5 Å². The molecule has 0 aliphatic heterocycles. The van der Waals surface area contributed by atoms with Crippen molar-refractivity contribution in [3.8, 4) is 11.5 Å². The number of ether oxygens (including phenoxy) is 2. The number of alkyl halides is 3. The van der Waals surface area contributed by atoms with Crippen molar-refractivity contribution in [1.82, 2.24) is 9.55 Å². The second-order valence-corrected chi connectivity index (χ2v) is 9.29. The van der Waals surface area contributed by atoms with Crippen molar-refractivity contribution in [3.05, 3.63) is 57.8 Å². The van der Waals surface area contributed by atoms with Crippen LogP contribution in [0.4, 0.5) is 17.6 Å². The third-order valence-electron chi connectivity index (χ3n) is 4.74. The Hall–Kier alpha value is -3.02. The summed E-state index contributed by atoms with van der Waals surface area (Å²) in [6.07, 6.45) is -3.90. The number of nitrogens with zero attached hydrogens (tertiary/aromatic N) is 1. The molecule has 0 bridgehead atoms. The Kier molecular flexibility index (Phi) is 6.27. The number of hydrogen-bond acceptors (Lipinski definition) is 5. The van der Waals surface area contributed by atoms with Gasteiger partial charge >= 0.3 is 11.9 Å². The average Bonchev–Trinajstić information content (AvgIpc) is 3.01. The lowest BCUT2D eigenvalue weighted by Gasteiger charge is -2.20. The molecular formula is C20H20F4N2O5S. The van der Waals surface area contributed by atoms with E-state index in [0.717, 1.165) is 10.8 Å². The zero-order valence-corrected chi connectivity index (χ0v) is 18.1. The van der Waals surface area contributed by atoms with Gasteiger partial charge in [-0.05, 0) is 36.8 Å². The summed E-state index contributed by atoms with van der Waals surface area (Å²) in [4.78, 5) is 14.9. The van der Waals surface area contributed by atoms with Gasteiger partial charge in [-0.15, -0.1) is 0 Å². The molecule has 7 nitrogen and oxygen atoms in total. The van der Waals surface area contributed by atoms with E-state index in [1.54, 1.807) is 6.92 Å². The van der Waals surface area contributed by atoms with Crippen LogP contribution in [0.25, 0.3) is 11.0 Å². The van der Waals surface area contributed by atoms with Crippen LogP contribution in [-0.4, -0.2) is 43.7 Å². The van der Waals surface area contributed by atoms with E-state index in [-0.39, 0.29) is 24.0 Å². The lowest BCUT2D eigenvalue weighted by Crippen LogP contribution is -2.28. The van der Waals surface area contributed by atoms with Crippen LogP contribution in [0, 0.1) is 5.82 Å². The summed E-state index contributed by atoms with van der Waals surface area (Å²) in [5, 5.41) is 0. The number of H-pyrrole nitrogens is 1. The maximum Gasteiger partial charge on any atom is 0.416 e. The van der Waals surface area contributed by atoms with E-state index < -0.39 is 55.9 Å². The molecule has 0 saturated carbocycles. The molecule has 0 spiro atoms. The molecule has 0 radical (unpaired) electrons. The van der Waals surface area contributed by atoms with Gasteiger partial charge in [0.2, 0.25) is 0 Å². The highest BCUT2D eigenvalue weighted by molar-refractivity contribution is 7.90. The molecule has 1 atom stereocenters. The summed E-state index contributed by atoms with van der Waals surface area (Å²) in [5.74, 6) is -1.32. The monoisotopic (exact) mass is 476 g/mol. The first-order valence-corrected chi connectivity index (χ1v) is 11.4. The number of fused-ring (bicyclic) bond motifs is 1. The van der Waals surface area contributed by atoms with Crippen LogP contribution in [0.5, 0.6) is 11.5 Å². The molecule has 1 heterocycles. The highest BCUT2D eigenvalue weighted by Crippen LogP contribution is 2.35. The van der Waals surface area contributed by atoms with Gasteiger partial charge in [0.1, 0.15) is 21.2 Å². The van der Waals surface area contributed by atoms with E-state index in [2.05, 4.69) is 4.98 Å². The van der Waals surface area contributed by atoms with E-state index in [1.807, 2.05) is 0 Å². The third-order valence-corrected chi connectivity index (χ3v) is 5.66. The molecule has 1 N–H and O–H groups in total. The van der Waals surface area contributed by atoms with E-state index >= 15 is 0 Å². The molecule has 0 amide bonds. The SMILES string of the molecule is CCOc1cc(C(CS(C)(=O)=O)n2c(=O)[nH]c3cc(C(F)(F)F)cc(F)c32)ccc1OC. The number of imidazole rings is 1. The van der Waals surface area contributed by atoms with Crippen LogP contribution in [0.2, 0.25) is 0 Å². The van der Waals surface area contributed by atoms with Gasteiger partial charge in [-0.1, -0.05) is 6.07 Å². The Morgan fingerprint density at radius 1 is 1.16 bits per heavy atom. The number of benzene rings is 2. The standard InChI is InChI=1S/C20H20F4N2O5S/c1-4-31-17-7-11(5-6-16(17)30-2)15(10-32(3,28)29)26-18-13(21)8-12(20(22,23)24)9-14(18)25-19(26)27/h5-9,15H,4,10H2,1-3H3,(H,25,27). The smallest absolute Gasteiger partial charge is 0.416 e. The fraction of sp³-hybridized carbons (Fsp3) is 0.350.